The lowest BCUT2D eigenvalue weighted by molar-refractivity contribution is 0.908. The average Bonchev–Trinajstić information content (AvgIpc) is 2.33. The molecule has 0 aliphatic carbocycles. The van der Waals surface area contributed by atoms with Gasteiger partial charge in [0.05, 0.1) is 5.69 Å². The highest BCUT2D eigenvalue weighted by molar-refractivity contribution is 9.10. The number of hydrogen-bond donors (Lipinski definition) is 1. The van der Waals surface area contributed by atoms with Crippen molar-refractivity contribution >= 4 is 21.7 Å². The van der Waals surface area contributed by atoms with Gasteiger partial charge in [0.15, 0.2) is 0 Å². The molecule has 0 amide bonds. The summed E-state index contributed by atoms with van der Waals surface area (Å²) >= 11 is 3.42. The van der Waals surface area contributed by atoms with Crippen LogP contribution in [-0.4, -0.2) is 9.97 Å². The zero-order valence-electron chi connectivity index (χ0n) is 9.65. The van der Waals surface area contributed by atoms with Gasteiger partial charge in [-0.3, -0.25) is 0 Å². The number of aromatic nitrogens is 2. The van der Waals surface area contributed by atoms with Gasteiger partial charge in [0.2, 0.25) is 0 Å². The largest absolute Gasteiger partial charge is 0.383 e. The van der Waals surface area contributed by atoms with Crippen LogP contribution in [-0.2, 0) is 6.42 Å². The number of anilines is 1. The first-order valence-electron chi connectivity index (χ1n) is 5.57. The van der Waals surface area contributed by atoms with Crippen LogP contribution >= 0.6 is 15.9 Å². The van der Waals surface area contributed by atoms with Gasteiger partial charge in [-0.05, 0) is 18.6 Å². The summed E-state index contributed by atoms with van der Waals surface area (Å²) in [5, 5.41) is 0. The maximum Gasteiger partial charge on any atom is 0.130 e. The molecule has 0 aliphatic heterocycles. The Balaban J connectivity index is 2.50. The molecular formula is C13H14BrN3. The van der Waals surface area contributed by atoms with Gasteiger partial charge < -0.3 is 5.73 Å². The maximum absolute atomic E-state index is 5.91. The minimum Gasteiger partial charge on any atom is -0.383 e. The van der Waals surface area contributed by atoms with Gasteiger partial charge in [0, 0.05) is 15.6 Å². The third-order valence-corrected chi connectivity index (χ3v) is 3.13. The second kappa shape index (κ2) is 5.27. The summed E-state index contributed by atoms with van der Waals surface area (Å²) in [5.74, 6) is 0.583. The Morgan fingerprint density at radius 3 is 2.53 bits per heavy atom. The molecule has 88 valence electrons. The molecule has 3 nitrogen and oxygen atoms in total. The van der Waals surface area contributed by atoms with Crippen LogP contribution in [0, 0.1) is 0 Å². The lowest BCUT2D eigenvalue weighted by atomic mass is 10.0. The SMILES string of the molecule is CCCc1c(N)ncnc1-c1ccc(Br)cc1. The molecule has 2 N–H and O–H groups in total. The molecule has 0 aliphatic rings. The summed E-state index contributed by atoms with van der Waals surface area (Å²) in [6.07, 6.45) is 3.45. The summed E-state index contributed by atoms with van der Waals surface area (Å²) in [5.41, 5.74) is 8.97. The smallest absolute Gasteiger partial charge is 0.130 e. The average molecular weight is 292 g/mol. The molecule has 0 radical (unpaired) electrons. The predicted octanol–water partition coefficient (Wildman–Crippen LogP) is 3.44. The van der Waals surface area contributed by atoms with E-state index in [0.717, 1.165) is 34.1 Å². The summed E-state index contributed by atoms with van der Waals surface area (Å²) in [4.78, 5) is 8.41. The highest BCUT2D eigenvalue weighted by Gasteiger charge is 2.10. The van der Waals surface area contributed by atoms with Gasteiger partial charge in [-0.15, -0.1) is 0 Å². The molecule has 0 bridgehead atoms. The Kier molecular flexibility index (Phi) is 3.74. The van der Waals surface area contributed by atoms with Crippen LogP contribution in [0.1, 0.15) is 18.9 Å². The standard InChI is InChI=1S/C13H14BrN3/c1-2-3-11-12(16-8-17-13(11)15)9-4-6-10(14)7-5-9/h4-8H,2-3H2,1H3,(H2,15,16,17). The van der Waals surface area contributed by atoms with Gasteiger partial charge in [-0.2, -0.15) is 0 Å². The van der Waals surface area contributed by atoms with E-state index in [9.17, 15) is 0 Å². The summed E-state index contributed by atoms with van der Waals surface area (Å²) in [6.45, 7) is 2.12. The molecule has 2 rings (SSSR count). The minimum absolute atomic E-state index is 0.583. The van der Waals surface area contributed by atoms with Gasteiger partial charge in [0.25, 0.3) is 0 Å². The molecule has 0 fully saturated rings. The van der Waals surface area contributed by atoms with Crippen LogP contribution < -0.4 is 5.73 Å². The highest BCUT2D eigenvalue weighted by atomic mass is 79.9. The van der Waals surface area contributed by atoms with E-state index in [1.165, 1.54) is 6.33 Å². The van der Waals surface area contributed by atoms with Gasteiger partial charge in [-0.25, -0.2) is 9.97 Å². The molecule has 1 heterocycles. The van der Waals surface area contributed by atoms with E-state index < -0.39 is 0 Å². The number of hydrogen-bond acceptors (Lipinski definition) is 3. The molecule has 17 heavy (non-hydrogen) atoms. The molecule has 0 saturated carbocycles. The Morgan fingerprint density at radius 1 is 1.18 bits per heavy atom. The van der Waals surface area contributed by atoms with E-state index >= 15 is 0 Å². The minimum atomic E-state index is 0.583. The molecule has 1 aromatic carbocycles. The fourth-order valence-electron chi connectivity index (χ4n) is 1.78. The Bertz CT molecular complexity index is 509. The van der Waals surface area contributed by atoms with Crippen LogP contribution in [0.4, 0.5) is 5.82 Å². The topological polar surface area (TPSA) is 51.8 Å². The number of nitrogens with two attached hydrogens (primary N) is 1. The Morgan fingerprint density at radius 2 is 1.88 bits per heavy atom. The predicted molar refractivity (Wildman–Crippen MR) is 73.6 cm³/mol. The van der Waals surface area contributed by atoms with Gasteiger partial charge in [-0.1, -0.05) is 41.4 Å². The van der Waals surface area contributed by atoms with Crippen LogP contribution in [0.15, 0.2) is 35.1 Å². The van der Waals surface area contributed by atoms with E-state index in [4.69, 9.17) is 5.73 Å². The normalized spacial score (nSPS) is 10.5. The summed E-state index contributed by atoms with van der Waals surface area (Å²) in [6, 6.07) is 8.07. The van der Waals surface area contributed by atoms with E-state index in [0.29, 0.717) is 5.82 Å². The zero-order valence-corrected chi connectivity index (χ0v) is 11.2. The number of nitrogens with zero attached hydrogens (tertiary/aromatic N) is 2. The summed E-state index contributed by atoms with van der Waals surface area (Å²) in [7, 11) is 0. The maximum atomic E-state index is 5.91. The number of benzene rings is 1. The third kappa shape index (κ3) is 2.64. The van der Waals surface area contributed by atoms with Crippen LogP contribution in [0.2, 0.25) is 0 Å². The first-order chi connectivity index (χ1) is 8.22. The molecule has 0 atom stereocenters. The molecule has 2 aromatic rings. The number of nitrogen functional groups attached to an aromatic ring is 1. The fraction of sp³-hybridized carbons (Fsp3) is 0.231. The van der Waals surface area contributed by atoms with Crippen LogP contribution in [0.3, 0.4) is 0 Å². The van der Waals surface area contributed by atoms with Gasteiger partial charge >= 0.3 is 0 Å². The molecule has 0 unspecified atom stereocenters. The lowest BCUT2D eigenvalue weighted by Crippen LogP contribution is -2.02. The van der Waals surface area contributed by atoms with Crippen molar-refractivity contribution in [3.05, 3.63) is 40.6 Å². The second-order valence-electron chi connectivity index (χ2n) is 3.84. The zero-order chi connectivity index (χ0) is 12.3. The Hall–Kier alpha value is -1.42. The van der Waals surface area contributed by atoms with Crippen molar-refractivity contribution in [2.24, 2.45) is 0 Å². The van der Waals surface area contributed by atoms with Crippen molar-refractivity contribution in [3.8, 4) is 11.3 Å². The third-order valence-electron chi connectivity index (χ3n) is 2.60. The number of rotatable bonds is 3. The van der Waals surface area contributed by atoms with E-state index in [1.54, 1.807) is 0 Å². The molecule has 0 saturated heterocycles. The van der Waals surface area contributed by atoms with Crippen molar-refractivity contribution in [3.63, 3.8) is 0 Å². The van der Waals surface area contributed by atoms with Crippen molar-refractivity contribution in [2.75, 3.05) is 5.73 Å². The first-order valence-corrected chi connectivity index (χ1v) is 6.37. The molecular weight excluding hydrogens is 278 g/mol. The van der Waals surface area contributed by atoms with Gasteiger partial charge in [0.1, 0.15) is 12.1 Å². The van der Waals surface area contributed by atoms with Crippen molar-refractivity contribution in [1.29, 1.82) is 0 Å². The summed E-state index contributed by atoms with van der Waals surface area (Å²) < 4.78 is 1.06. The van der Waals surface area contributed by atoms with Crippen LogP contribution in [0.25, 0.3) is 11.3 Å². The Labute approximate surface area is 109 Å². The first kappa shape index (κ1) is 12.0. The van der Waals surface area contributed by atoms with E-state index in [1.807, 2.05) is 24.3 Å². The lowest BCUT2D eigenvalue weighted by Gasteiger charge is -2.09. The quantitative estimate of drug-likeness (QED) is 0.942. The molecule has 4 heteroatoms. The van der Waals surface area contributed by atoms with E-state index in [2.05, 4.69) is 32.8 Å². The highest BCUT2D eigenvalue weighted by Crippen LogP contribution is 2.26. The monoisotopic (exact) mass is 291 g/mol. The fourth-order valence-corrected chi connectivity index (χ4v) is 2.04. The van der Waals surface area contributed by atoms with Crippen molar-refractivity contribution in [2.45, 2.75) is 19.8 Å². The number of halogens is 1. The van der Waals surface area contributed by atoms with Crippen LogP contribution in [0.5, 0.6) is 0 Å². The molecule has 0 spiro atoms. The van der Waals surface area contributed by atoms with Crippen molar-refractivity contribution < 1.29 is 0 Å². The second-order valence-corrected chi connectivity index (χ2v) is 4.76. The van der Waals surface area contributed by atoms with E-state index in [-0.39, 0.29) is 0 Å². The van der Waals surface area contributed by atoms with Crippen molar-refractivity contribution in [1.82, 2.24) is 9.97 Å². The molecule has 1 aromatic heterocycles.